The Hall–Kier alpha value is -8.52. The van der Waals surface area contributed by atoms with Gasteiger partial charge in [0.15, 0.2) is 0 Å². The lowest BCUT2D eigenvalue weighted by molar-refractivity contribution is 0.767. The summed E-state index contributed by atoms with van der Waals surface area (Å²) in [6.45, 7) is 0. The van der Waals surface area contributed by atoms with Crippen molar-refractivity contribution in [2.24, 2.45) is 0 Å². The minimum Gasteiger partial charge on any atom is -0.310 e. The predicted molar refractivity (Wildman–Crippen MR) is 279 cm³/mol. The monoisotopic (exact) mass is 851 g/mol. The van der Waals surface area contributed by atoms with Crippen LogP contribution in [0.2, 0.25) is 0 Å². The topological polar surface area (TPSA) is 3.24 Å². The van der Waals surface area contributed by atoms with E-state index < -0.39 is 10.8 Å². The zero-order valence-corrected chi connectivity index (χ0v) is 36.9. The highest BCUT2D eigenvalue weighted by Gasteiger charge is 2.48. The lowest BCUT2D eigenvalue weighted by atomic mass is 9.67. The Morgan fingerprint density at radius 3 is 1.24 bits per heavy atom. The molecule has 0 saturated carbocycles. The summed E-state index contributed by atoms with van der Waals surface area (Å²) >= 11 is 0. The normalized spacial score (nSPS) is 13.6. The Labute approximate surface area is 392 Å². The Kier molecular flexibility index (Phi) is 9.05. The van der Waals surface area contributed by atoms with E-state index in [9.17, 15) is 0 Å². The number of hydrogen-bond donors (Lipinski definition) is 0. The Morgan fingerprint density at radius 2 is 0.672 bits per heavy atom. The SMILES string of the molecule is c1ccc(-c2cccc3c4c(ccc23)C(c2ccccc2)(c2ccccc2)c2cc(N(c3ccccc3)c3ccc5c(c3)C(c3ccccc3)(c3ccccc3)c3ccccc3-5)ccc2-4)cc1. The number of fused-ring (bicyclic) bond motifs is 8. The van der Waals surface area contributed by atoms with E-state index >= 15 is 0 Å². The van der Waals surface area contributed by atoms with Gasteiger partial charge in [-0.1, -0.05) is 237 Å². The van der Waals surface area contributed by atoms with E-state index in [4.69, 9.17) is 0 Å². The first-order valence-corrected chi connectivity index (χ1v) is 23.3. The van der Waals surface area contributed by atoms with Crippen LogP contribution < -0.4 is 4.90 Å². The quantitative estimate of drug-likeness (QED) is 0.147. The van der Waals surface area contributed by atoms with Gasteiger partial charge in [-0.2, -0.15) is 0 Å². The third kappa shape index (κ3) is 5.75. The molecule has 0 N–H and O–H groups in total. The molecule has 1 nitrogen and oxygen atoms in total. The lowest BCUT2D eigenvalue weighted by Gasteiger charge is -2.36. The molecule has 13 rings (SSSR count). The van der Waals surface area contributed by atoms with Gasteiger partial charge in [0.05, 0.1) is 10.8 Å². The Balaban J connectivity index is 1.09. The molecule has 0 heterocycles. The van der Waals surface area contributed by atoms with Crippen molar-refractivity contribution in [3.8, 4) is 33.4 Å². The molecule has 0 bridgehead atoms. The van der Waals surface area contributed by atoms with E-state index in [0.717, 1.165) is 17.1 Å². The first kappa shape index (κ1) is 38.9. The van der Waals surface area contributed by atoms with Crippen LogP contribution in [0.4, 0.5) is 17.1 Å². The highest BCUT2D eigenvalue weighted by Crippen LogP contribution is 2.61. The van der Waals surface area contributed by atoms with Gasteiger partial charge in [0.2, 0.25) is 0 Å². The van der Waals surface area contributed by atoms with Gasteiger partial charge in [0.1, 0.15) is 0 Å². The summed E-state index contributed by atoms with van der Waals surface area (Å²) in [6.07, 6.45) is 0. The molecule has 314 valence electrons. The molecule has 2 aliphatic carbocycles. The van der Waals surface area contributed by atoms with E-state index in [1.54, 1.807) is 0 Å². The predicted octanol–water partition coefficient (Wildman–Crippen LogP) is 16.7. The number of benzene rings is 11. The molecule has 1 heteroatoms. The first-order valence-electron chi connectivity index (χ1n) is 23.3. The average Bonchev–Trinajstić information content (AvgIpc) is 3.88. The van der Waals surface area contributed by atoms with E-state index in [1.165, 1.54) is 88.7 Å². The maximum atomic E-state index is 2.50. The number of hydrogen-bond acceptors (Lipinski definition) is 1. The minimum atomic E-state index is -0.599. The van der Waals surface area contributed by atoms with Crippen LogP contribution >= 0.6 is 0 Å². The highest BCUT2D eigenvalue weighted by molar-refractivity contribution is 6.09. The molecule has 11 aromatic rings. The molecule has 0 spiro atoms. The van der Waals surface area contributed by atoms with Crippen molar-refractivity contribution in [2.45, 2.75) is 10.8 Å². The van der Waals surface area contributed by atoms with Crippen LogP contribution in [0.1, 0.15) is 44.5 Å². The third-order valence-corrected chi connectivity index (χ3v) is 14.6. The molecule has 11 aromatic carbocycles. The van der Waals surface area contributed by atoms with Crippen LogP contribution in [0.3, 0.4) is 0 Å². The summed E-state index contributed by atoms with van der Waals surface area (Å²) in [6, 6.07) is 101. The number of rotatable bonds is 8. The minimum absolute atomic E-state index is 0.526. The van der Waals surface area contributed by atoms with Crippen LogP contribution in [0, 0.1) is 0 Å². The van der Waals surface area contributed by atoms with Gasteiger partial charge < -0.3 is 4.90 Å². The van der Waals surface area contributed by atoms with E-state index in [2.05, 4.69) is 278 Å². The molecule has 0 atom stereocenters. The van der Waals surface area contributed by atoms with E-state index in [1.807, 2.05) is 0 Å². The molecular formula is C66H45N. The van der Waals surface area contributed by atoms with Crippen molar-refractivity contribution in [1.29, 1.82) is 0 Å². The summed E-state index contributed by atoms with van der Waals surface area (Å²) in [5.74, 6) is 0. The number of anilines is 3. The maximum Gasteiger partial charge on any atom is 0.0714 e. The Bertz CT molecular complexity index is 3520. The zero-order chi connectivity index (χ0) is 44.4. The van der Waals surface area contributed by atoms with Gasteiger partial charge in [-0.15, -0.1) is 0 Å². The van der Waals surface area contributed by atoms with Crippen LogP contribution in [0.25, 0.3) is 44.2 Å². The second-order valence-electron chi connectivity index (χ2n) is 17.9. The van der Waals surface area contributed by atoms with E-state index in [-0.39, 0.29) is 0 Å². The van der Waals surface area contributed by atoms with Crippen molar-refractivity contribution in [2.75, 3.05) is 4.90 Å². The van der Waals surface area contributed by atoms with Gasteiger partial charge >= 0.3 is 0 Å². The molecule has 0 fully saturated rings. The summed E-state index contributed by atoms with van der Waals surface area (Å²) in [4.78, 5) is 2.47. The largest absolute Gasteiger partial charge is 0.310 e. The summed E-state index contributed by atoms with van der Waals surface area (Å²) in [5.41, 5.74) is 19.9. The molecule has 0 saturated heterocycles. The number of para-hydroxylation sites is 1. The maximum absolute atomic E-state index is 2.50. The van der Waals surface area contributed by atoms with Crippen LogP contribution in [-0.4, -0.2) is 0 Å². The fourth-order valence-corrected chi connectivity index (χ4v) is 11.9. The second-order valence-corrected chi connectivity index (χ2v) is 17.9. The van der Waals surface area contributed by atoms with Crippen molar-refractivity contribution in [3.05, 3.63) is 317 Å². The smallest absolute Gasteiger partial charge is 0.0714 e. The fraction of sp³-hybridized carbons (Fsp3) is 0.0303. The molecule has 0 aromatic heterocycles. The molecule has 0 radical (unpaired) electrons. The molecule has 67 heavy (non-hydrogen) atoms. The highest BCUT2D eigenvalue weighted by atomic mass is 15.1. The summed E-state index contributed by atoms with van der Waals surface area (Å²) in [7, 11) is 0. The van der Waals surface area contributed by atoms with Gasteiger partial charge in [-0.25, -0.2) is 0 Å². The fourth-order valence-electron chi connectivity index (χ4n) is 11.9. The molecule has 0 unspecified atom stereocenters. The molecular weight excluding hydrogens is 807 g/mol. The van der Waals surface area contributed by atoms with Gasteiger partial charge in [0.25, 0.3) is 0 Å². The van der Waals surface area contributed by atoms with Gasteiger partial charge in [-0.05, 0) is 125 Å². The van der Waals surface area contributed by atoms with Crippen molar-refractivity contribution >= 4 is 27.8 Å². The summed E-state index contributed by atoms with van der Waals surface area (Å²) in [5, 5.41) is 2.52. The van der Waals surface area contributed by atoms with Crippen molar-refractivity contribution in [1.82, 2.24) is 0 Å². The first-order chi connectivity index (χ1) is 33.3. The van der Waals surface area contributed by atoms with Crippen LogP contribution in [0.15, 0.2) is 273 Å². The molecule has 0 aliphatic heterocycles. The second kappa shape index (κ2) is 15.6. The molecule has 0 amide bonds. The lowest BCUT2D eigenvalue weighted by Crippen LogP contribution is -2.29. The average molecular weight is 852 g/mol. The third-order valence-electron chi connectivity index (χ3n) is 14.6. The zero-order valence-electron chi connectivity index (χ0n) is 36.9. The summed E-state index contributed by atoms with van der Waals surface area (Å²) < 4.78 is 0. The van der Waals surface area contributed by atoms with Crippen LogP contribution in [0.5, 0.6) is 0 Å². The Morgan fingerprint density at radius 1 is 0.239 bits per heavy atom. The molecule has 2 aliphatic rings. The van der Waals surface area contributed by atoms with Gasteiger partial charge in [0, 0.05) is 17.1 Å². The van der Waals surface area contributed by atoms with Crippen LogP contribution in [-0.2, 0) is 10.8 Å². The van der Waals surface area contributed by atoms with E-state index in [0.29, 0.717) is 0 Å². The van der Waals surface area contributed by atoms with Gasteiger partial charge in [-0.3, -0.25) is 0 Å². The van der Waals surface area contributed by atoms with Crippen molar-refractivity contribution < 1.29 is 0 Å². The number of nitrogens with zero attached hydrogens (tertiary/aromatic N) is 1. The standard InChI is InChI=1S/C66H45N/c1-7-22-46(23-8-1)54-35-21-36-58-55(54)42-43-61-64(58)59-41-39-53(45-63(59)66(61,49-28-13-4-14-29-49)50-30-15-5-16-31-50)67(51-32-17-6-18-33-51)52-38-40-57-56-34-19-20-37-60(56)65(62(57)44-52,47-24-9-2-10-25-47)48-26-11-3-12-27-48/h1-45H. The van der Waals surface area contributed by atoms with Crippen molar-refractivity contribution in [3.63, 3.8) is 0 Å².